The van der Waals surface area contributed by atoms with E-state index < -0.39 is 21.5 Å². The fourth-order valence-corrected chi connectivity index (χ4v) is 5.55. The Kier molecular flexibility index (Phi) is 9.66. The topological polar surface area (TPSA) is 79.8 Å². The number of likely N-dealkylation sites (N-methyl/N-ethyl adjacent to an activating group) is 1. The van der Waals surface area contributed by atoms with Gasteiger partial charge in [-0.2, -0.15) is 0 Å². The number of carbonyl (C=O) groups is 1. The Morgan fingerprint density at radius 1 is 1.06 bits per heavy atom. The van der Waals surface area contributed by atoms with Gasteiger partial charge in [0.05, 0.1) is 22.2 Å². The van der Waals surface area contributed by atoms with Crippen molar-refractivity contribution >= 4 is 54.8 Å². The highest BCUT2D eigenvalue weighted by molar-refractivity contribution is 7.92. The Labute approximate surface area is 205 Å². The van der Waals surface area contributed by atoms with E-state index in [4.69, 9.17) is 4.74 Å². The van der Waals surface area contributed by atoms with Crippen LogP contribution < -0.4 is 9.64 Å². The summed E-state index contributed by atoms with van der Waals surface area (Å²) in [6, 6.07) is 12.1. The molecule has 0 fully saturated rings. The summed E-state index contributed by atoms with van der Waals surface area (Å²) >= 11 is 1.35. The van der Waals surface area contributed by atoms with Gasteiger partial charge < -0.3 is 9.64 Å². The van der Waals surface area contributed by atoms with Crippen LogP contribution in [0.5, 0.6) is 5.75 Å². The van der Waals surface area contributed by atoms with Crippen LogP contribution in [0.3, 0.4) is 0 Å². The highest BCUT2D eigenvalue weighted by Gasteiger charge is 2.27. The zero-order valence-electron chi connectivity index (χ0n) is 19.3. The molecule has 0 saturated heterocycles. The number of thiazole rings is 1. The number of fused-ring (bicyclic) bond motifs is 1. The maximum absolute atomic E-state index is 13.3. The van der Waals surface area contributed by atoms with Crippen LogP contribution in [0.15, 0.2) is 47.4 Å². The van der Waals surface area contributed by atoms with E-state index in [1.807, 2.05) is 25.1 Å². The number of carbonyl (C=O) groups excluding carboxylic acids is 1. The zero-order chi connectivity index (χ0) is 23.3. The largest absolute Gasteiger partial charge is 0.497 e. The summed E-state index contributed by atoms with van der Waals surface area (Å²) in [4.78, 5) is 21.7. The van der Waals surface area contributed by atoms with E-state index in [2.05, 4.69) is 23.7 Å². The lowest BCUT2D eigenvalue weighted by Crippen LogP contribution is -2.41. The summed E-state index contributed by atoms with van der Waals surface area (Å²) in [7, 11) is -2.17. The van der Waals surface area contributed by atoms with Crippen LogP contribution in [0, 0.1) is 6.92 Å². The van der Waals surface area contributed by atoms with Crippen molar-refractivity contribution in [3.05, 3.63) is 48.0 Å². The summed E-state index contributed by atoms with van der Waals surface area (Å²) in [6.07, 6.45) is 0. The molecule has 0 unspecified atom stereocenters. The summed E-state index contributed by atoms with van der Waals surface area (Å²) in [5.41, 5.74) is 1.70. The highest BCUT2D eigenvalue weighted by atomic mass is 35.5. The van der Waals surface area contributed by atoms with E-state index in [1.165, 1.54) is 16.2 Å². The number of anilines is 1. The van der Waals surface area contributed by atoms with Crippen molar-refractivity contribution in [3.63, 3.8) is 0 Å². The first-order valence-electron chi connectivity index (χ1n) is 10.5. The summed E-state index contributed by atoms with van der Waals surface area (Å²) in [5, 5.41) is 0.490. The fraction of sp³-hybridized carbons (Fsp3) is 0.391. The molecule has 10 heteroatoms. The summed E-state index contributed by atoms with van der Waals surface area (Å²) in [6.45, 7) is 8.68. The second-order valence-corrected chi connectivity index (χ2v) is 10.5. The van der Waals surface area contributed by atoms with Crippen molar-refractivity contribution in [2.24, 2.45) is 0 Å². The molecule has 0 saturated carbocycles. The van der Waals surface area contributed by atoms with E-state index in [1.54, 1.807) is 31.4 Å². The van der Waals surface area contributed by atoms with Crippen molar-refractivity contribution in [2.75, 3.05) is 43.9 Å². The molecule has 180 valence electrons. The number of halogens is 1. The molecule has 0 bridgehead atoms. The van der Waals surface area contributed by atoms with Gasteiger partial charge in [-0.3, -0.25) is 9.69 Å². The lowest BCUT2D eigenvalue weighted by Gasteiger charge is -2.24. The molecule has 1 heterocycles. The monoisotopic (exact) mass is 511 g/mol. The maximum Gasteiger partial charge on any atom is 0.244 e. The minimum absolute atomic E-state index is 0. The van der Waals surface area contributed by atoms with Crippen molar-refractivity contribution in [1.29, 1.82) is 0 Å². The van der Waals surface area contributed by atoms with Crippen molar-refractivity contribution in [2.45, 2.75) is 25.7 Å². The lowest BCUT2D eigenvalue weighted by molar-refractivity contribution is -0.116. The second-order valence-electron chi connectivity index (χ2n) is 7.47. The van der Waals surface area contributed by atoms with Gasteiger partial charge in [0.1, 0.15) is 11.5 Å². The number of sulfone groups is 1. The number of rotatable bonds is 10. The number of aryl methyl sites for hydroxylation is 1. The lowest BCUT2D eigenvalue weighted by atomic mass is 10.2. The number of hydrogen-bond acceptors (Lipinski definition) is 7. The molecule has 0 aliphatic heterocycles. The van der Waals surface area contributed by atoms with Gasteiger partial charge in [0.15, 0.2) is 15.0 Å². The van der Waals surface area contributed by atoms with E-state index in [0.29, 0.717) is 24.0 Å². The predicted octanol–water partition coefficient (Wildman–Crippen LogP) is 4.18. The molecule has 0 N–H and O–H groups in total. The molecule has 0 aliphatic carbocycles. The third-order valence-corrected chi connectivity index (χ3v) is 8.00. The van der Waals surface area contributed by atoms with Gasteiger partial charge in [-0.1, -0.05) is 42.9 Å². The van der Waals surface area contributed by atoms with Gasteiger partial charge in [-0.15, -0.1) is 12.4 Å². The van der Waals surface area contributed by atoms with Crippen molar-refractivity contribution in [1.82, 2.24) is 9.88 Å². The molecular weight excluding hydrogens is 482 g/mol. The quantitative estimate of drug-likeness (QED) is 0.406. The number of ether oxygens (including phenoxy) is 1. The Morgan fingerprint density at radius 2 is 1.73 bits per heavy atom. The number of nitrogens with zero attached hydrogens (tertiary/aromatic N) is 3. The molecule has 0 aliphatic rings. The Morgan fingerprint density at radius 3 is 2.33 bits per heavy atom. The van der Waals surface area contributed by atoms with E-state index in [0.717, 1.165) is 28.9 Å². The number of hydrogen-bond donors (Lipinski definition) is 0. The fourth-order valence-electron chi connectivity index (χ4n) is 3.31. The Balaban J connectivity index is 0.00000385. The van der Waals surface area contributed by atoms with Crippen LogP contribution in [-0.4, -0.2) is 63.3 Å². The molecule has 1 aromatic heterocycles. The van der Waals surface area contributed by atoms with Gasteiger partial charge in [-0.25, -0.2) is 13.4 Å². The van der Waals surface area contributed by atoms with Crippen LogP contribution in [0.2, 0.25) is 0 Å². The number of methoxy groups -OCH3 is 1. The third kappa shape index (κ3) is 6.66. The number of amides is 1. The van der Waals surface area contributed by atoms with Gasteiger partial charge in [0, 0.05) is 13.1 Å². The second kappa shape index (κ2) is 11.8. The van der Waals surface area contributed by atoms with Gasteiger partial charge >= 0.3 is 0 Å². The molecule has 0 spiro atoms. The van der Waals surface area contributed by atoms with Gasteiger partial charge in [-0.05, 0) is 50.3 Å². The SMILES string of the molecule is CCN(CC)CCN(C(=O)CS(=O)(=O)c1ccc(C)cc1)c1nc2ccc(OC)cc2s1.Cl. The molecule has 7 nitrogen and oxygen atoms in total. The maximum atomic E-state index is 13.3. The minimum atomic E-state index is -3.77. The van der Waals surface area contributed by atoms with Crippen LogP contribution >= 0.6 is 23.7 Å². The highest BCUT2D eigenvalue weighted by Crippen LogP contribution is 2.31. The number of benzene rings is 2. The predicted molar refractivity (Wildman–Crippen MR) is 137 cm³/mol. The van der Waals surface area contributed by atoms with Gasteiger partial charge in [0.2, 0.25) is 5.91 Å². The molecule has 33 heavy (non-hydrogen) atoms. The average molecular weight is 512 g/mol. The van der Waals surface area contributed by atoms with E-state index in [9.17, 15) is 13.2 Å². The smallest absolute Gasteiger partial charge is 0.244 e. The standard InChI is InChI=1S/C23H29N3O4S2.ClH/c1-5-25(6-2)13-14-26(23-24-20-12-9-18(30-4)15-21(20)31-23)22(27)16-32(28,29)19-10-7-17(3)8-11-19;/h7-12,15H,5-6,13-14,16H2,1-4H3;1H. The first-order valence-corrected chi connectivity index (χ1v) is 13.0. The van der Waals surface area contributed by atoms with Crippen molar-refractivity contribution < 1.29 is 17.9 Å². The molecule has 3 rings (SSSR count). The van der Waals surface area contributed by atoms with E-state index in [-0.39, 0.29) is 17.3 Å². The molecule has 0 radical (unpaired) electrons. The third-order valence-electron chi connectivity index (χ3n) is 5.34. The Hall–Kier alpha value is -2.20. The zero-order valence-corrected chi connectivity index (χ0v) is 21.7. The van der Waals surface area contributed by atoms with Crippen LogP contribution in [0.25, 0.3) is 10.2 Å². The van der Waals surface area contributed by atoms with Crippen molar-refractivity contribution in [3.8, 4) is 5.75 Å². The number of aromatic nitrogens is 1. The minimum Gasteiger partial charge on any atom is -0.497 e. The van der Waals surface area contributed by atoms with Crippen LogP contribution in [0.1, 0.15) is 19.4 Å². The molecule has 3 aromatic rings. The Bertz CT molecular complexity index is 1180. The molecule has 1 amide bonds. The van der Waals surface area contributed by atoms with Crippen LogP contribution in [-0.2, 0) is 14.6 Å². The van der Waals surface area contributed by atoms with Crippen LogP contribution in [0.4, 0.5) is 5.13 Å². The first kappa shape index (κ1) is 27.0. The molecule has 0 atom stereocenters. The average Bonchev–Trinajstić information content (AvgIpc) is 3.19. The summed E-state index contributed by atoms with van der Waals surface area (Å²) < 4.78 is 32.0. The van der Waals surface area contributed by atoms with Gasteiger partial charge in [0.25, 0.3) is 0 Å². The summed E-state index contributed by atoms with van der Waals surface area (Å²) in [5.74, 6) is -0.382. The molecule has 2 aromatic carbocycles. The first-order chi connectivity index (χ1) is 15.3. The van der Waals surface area contributed by atoms with E-state index >= 15 is 0 Å². The normalized spacial score (nSPS) is 11.4. The molecular formula is C23H30ClN3O4S2.